The summed E-state index contributed by atoms with van der Waals surface area (Å²) in [5, 5.41) is 9.91. The minimum atomic E-state index is -2.96. The van der Waals surface area contributed by atoms with Gasteiger partial charge in [-0.25, -0.2) is 8.78 Å². The fraction of sp³-hybridized carbons (Fsp3) is 0.286. The molecule has 0 saturated carbocycles. The Morgan fingerprint density at radius 3 is 2.67 bits per heavy atom. The van der Waals surface area contributed by atoms with Gasteiger partial charge in [0.15, 0.2) is 0 Å². The van der Waals surface area contributed by atoms with Gasteiger partial charge < -0.3 is 5.73 Å². The molecule has 0 amide bonds. The predicted octanol–water partition coefficient (Wildman–Crippen LogP) is 2.04. The molecule has 2 N–H and O–H groups in total. The van der Waals surface area contributed by atoms with Gasteiger partial charge in [0.25, 0.3) is 12.1 Å². The van der Waals surface area contributed by atoms with Gasteiger partial charge in [0.1, 0.15) is 10.7 Å². The number of hydrogen-bond acceptors (Lipinski definition) is 4. The van der Waals surface area contributed by atoms with Crippen LogP contribution in [0.5, 0.6) is 0 Å². The van der Waals surface area contributed by atoms with E-state index in [0.29, 0.717) is 0 Å². The fourth-order valence-corrected chi connectivity index (χ4v) is 1.35. The number of hydrogen-bond donors (Lipinski definition) is 1. The van der Waals surface area contributed by atoms with Crippen LogP contribution in [0.3, 0.4) is 0 Å². The van der Waals surface area contributed by atoms with Crippen LogP contribution in [0, 0.1) is 10.1 Å². The molecule has 15 heavy (non-hydrogen) atoms. The van der Waals surface area contributed by atoms with E-state index in [9.17, 15) is 18.9 Å². The van der Waals surface area contributed by atoms with Crippen molar-refractivity contribution in [2.24, 2.45) is 5.73 Å². The summed E-state index contributed by atoms with van der Waals surface area (Å²) < 4.78 is 24.6. The second-order valence-corrected chi connectivity index (χ2v) is 2.97. The van der Waals surface area contributed by atoms with Crippen LogP contribution in [-0.2, 0) is 6.54 Å². The lowest BCUT2D eigenvalue weighted by molar-refractivity contribution is -0.385. The predicted molar refractivity (Wildman–Crippen MR) is 48.7 cm³/mol. The summed E-state index contributed by atoms with van der Waals surface area (Å²) in [6.45, 7) is -0.188. The van der Waals surface area contributed by atoms with E-state index in [-0.39, 0.29) is 12.1 Å². The first kappa shape index (κ1) is 11.7. The molecule has 0 saturated heterocycles. The molecule has 5 nitrogen and oxygen atoms in total. The number of pyridine rings is 1. The third kappa shape index (κ3) is 2.18. The average Bonchev–Trinajstić information content (AvgIpc) is 2.15. The van der Waals surface area contributed by atoms with Gasteiger partial charge in [-0.3, -0.25) is 15.1 Å². The number of alkyl halides is 2. The van der Waals surface area contributed by atoms with Crippen LogP contribution >= 0.6 is 11.6 Å². The van der Waals surface area contributed by atoms with Crippen LogP contribution in [-0.4, -0.2) is 9.91 Å². The van der Waals surface area contributed by atoms with Crippen molar-refractivity contribution in [3.63, 3.8) is 0 Å². The van der Waals surface area contributed by atoms with Crippen molar-refractivity contribution in [1.82, 2.24) is 4.98 Å². The van der Waals surface area contributed by atoms with E-state index in [4.69, 9.17) is 17.3 Å². The molecule has 0 aliphatic heterocycles. The van der Waals surface area contributed by atoms with Crippen molar-refractivity contribution in [2.75, 3.05) is 0 Å². The van der Waals surface area contributed by atoms with Crippen LogP contribution in [0.2, 0.25) is 5.02 Å². The summed E-state index contributed by atoms with van der Waals surface area (Å²) >= 11 is 5.44. The average molecular weight is 238 g/mol. The smallest absolute Gasteiger partial charge is 0.295 e. The first-order valence-electron chi connectivity index (χ1n) is 3.79. The molecule has 0 aliphatic carbocycles. The molecule has 0 bridgehead atoms. The van der Waals surface area contributed by atoms with E-state index in [0.717, 1.165) is 6.20 Å². The molecule has 0 radical (unpaired) electrons. The highest BCUT2D eigenvalue weighted by molar-refractivity contribution is 6.33. The highest BCUT2D eigenvalue weighted by Crippen LogP contribution is 2.34. The Hall–Kier alpha value is -1.34. The van der Waals surface area contributed by atoms with E-state index in [1.54, 1.807) is 0 Å². The Bertz CT molecular complexity index is 400. The van der Waals surface area contributed by atoms with E-state index < -0.39 is 27.8 Å². The maximum absolute atomic E-state index is 12.3. The first-order valence-corrected chi connectivity index (χ1v) is 4.16. The van der Waals surface area contributed by atoms with Crippen LogP contribution in [0.25, 0.3) is 0 Å². The molecule has 1 aromatic rings. The Morgan fingerprint density at radius 2 is 2.27 bits per heavy atom. The first-order chi connectivity index (χ1) is 6.99. The van der Waals surface area contributed by atoms with Crippen LogP contribution < -0.4 is 5.73 Å². The third-order valence-corrected chi connectivity index (χ3v) is 2.08. The van der Waals surface area contributed by atoms with Crippen molar-refractivity contribution in [2.45, 2.75) is 13.0 Å². The quantitative estimate of drug-likeness (QED) is 0.644. The summed E-state index contributed by atoms with van der Waals surface area (Å²) in [5.74, 6) is 0. The maximum atomic E-state index is 12.3. The number of nitro groups is 1. The molecule has 0 unspecified atom stereocenters. The molecule has 1 heterocycles. The molecule has 1 aromatic heterocycles. The van der Waals surface area contributed by atoms with Gasteiger partial charge in [-0.15, -0.1) is 0 Å². The largest absolute Gasteiger partial charge is 0.326 e. The Morgan fingerprint density at radius 1 is 1.67 bits per heavy atom. The van der Waals surface area contributed by atoms with Crippen molar-refractivity contribution < 1.29 is 13.7 Å². The van der Waals surface area contributed by atoms with E-state index in [1.807, 2.05) is 0 Å². The molecule has 0 aliphatic rings. The number of halogens is 3. The lowest BCUT2D eigenvalue weighted by Gasteiger charge is -2.05. The maximum Gasteiger partial charge on any atom is 0.295 e. The molecular formula is C7H6ClF2N3O2. The number of nitrogens with two attached hydrogens (primary N) is 1. The van der Waals surface area contributed by atoms with Gasteiger partial charge in [0, 0.05) is 12.7 Å². The molecular weight excluding hydrogens is 232 g/mol. The van der Waals surface area contributed by atoms with Gasteiger partial charge in [-0.05, 0) is 0 Å². The Kier molecular flexibility index (Phi) is 3.48. The molecule has 0 atom stereocenters. The van der Waals surface area contributed by atoms with Crippen molar-refractivity contribution >= 4 is 17.3 Å². The standard InChI is InChI=1S/C7H6ClF2N3O2/c8-4-5(7(9)10)12-2-3(1-11)6(4)13(14)15/h2,7H,1,11H2. The monoisotopic (exact) mass is 237 g/mol. The third-order valence-electron chi connectivity index (χ3n) is 1.71. The van der Waals surface area contributed by atoms with Crippen LogP contribution in [0.4, 0.5) is 14.5 Å². The fourth-order valence-electron chi connectivity index (χ4n) is 1.03. The zero-order chi connectivity index (χ0) is 11.6. The van der Waals surface area contributed by atoms with Crippen molar-refractivity contribution in [3.8, 4) is 0 Å². The van der Waals surface area contributed by atoms with Gasteiger partial charge >= 0.3 is 0 Å². The SMILES string of the molecule is NCc1cnc(C(F)F)c(Cl)c1[N+](=O)[O-]. The summed E-state index contributed by atoms with van der Waals surface area (Å²) in [6.07, 6.45) is -2.02. The van der Waals surface area contributed by atoms with Gasteiger partial charge in [-0.2, -0.15) is 0 Å². The number of nitrogens with zero attached hydrogens (tertiary/aromatic N) is 2. The van der Waals surface area contributed by atoms with Gasteiger partial charge in [0.05, 0.1) is 10.5 Å². The summed E-state index contributed by atoms with van der Waals surface area (Å²) in [7, 11) is 0. The topological polar surface area (TPSA) is 82.0 Å². The van der Waals surface area contributed by atoms with Crippen LogP contribution in [0.15, 0.2) is 6.20 Å². The Balaban J connectivity index is 3.42. The lowest BCUT2D eigenvalue weighted by Crippen LogP contribution is -2.06. The van der Waals surface area contributed by atoms with Crippen molar-refractivity contribution in [1.29, 1.82) is 0 Å². The van der Waals surface area contributed by atoms with E-state index in [2.05, 4.69) is 4.98 Å². The summed E-state index contributed by atoms with van der Waals surface area (Å²) in [5.41, 5.74) is 3.80. The molecule has 1 rings (SSSR count). The summed E-state index contributed by atoms with van der Waals surface area (Å²) in [6, 6.07) is 0. The van der Waals surface area contributed by atoms with E-state index in [1.165, 1.54) is 0 Å². The normalized spacial score (nSPS) is 10.7. The molecule has 8 heteroatoms. The second kappa shape index (κ2) is 4.45. The zero-order valence-electron chi connectivity index (χ0n) is 7.28. The summed E-state index contributed by atoms with van der Waals surface area (Å²) in [4.78, 5) is 13.0. The van der Waals surface area contributed by atoms with Gasteiger partial charge in [0.2, 0.25) is 0 Å². The number of aromatic nitrogens is 1. The minimum absolute atomic E-state index is 0.0226. The minimum Gasteiger partial charge on any atom is -0.326 e. The molecule has 0 spiro atoms. The highest BCUT2D eigenvalue weighted by Gasteiger charge is 2.26. The number of rotatable bonds is 3. The molecule has 0 aromatic carbocycles. The van der Waals surface area contributed by atoms with E-state index >= 15 is 0 Å². The van der Waals surface area contributed by atoms with Crippen molar-refractivity contribution in [3.05, 3.63) is 32.6 Å². The molecule has 0 fully saturated rings. The zero-order valence-corrected chi connectivity index (χ0v) is 8.04. The molecule has 82 valence electrons. The highest BCUT2D eigenvalue weighted by atomic mass is 35.5. The lowest BCUT2D eigenvalue weighted by atomic mass is 10.2. The van der Waals surface area contributed by atoms with Gasteiger partial charge in [-0.1, -0.05) is 11.6 Å². The van der Waals surface area contributed by atoms with Crippen LogP contribution in [0.1, 0.15) is 17.7 Å². The Labute approximate surface area is 88.0 Å². The second-order valence-electron chi connectivity index (χ2n) is 2.59.